The molecule has 2 aromatic rings. The first-order chi connectivity index (χ1) is 10.5. The highest BCUT2D eigenvalue weighted by Crippen LogP contribution is 2.35. The number of rotatable bonds is 5. The highest BCUT2D eigenvalue weighted by molar-refractivity contribution is 9.10. The molecule has 0 aromatic heterocycles. The topological polar surface area (TPSA) is 46.5 Å². The third-order valence-corrected chi connectivity index (χ3v) is 4.42. The van der Waals surface area contributed by atoms with Crippen LogP contribution in [0.5, 0.6) is 0 Å². The molecule has 0 bridgehead atoms. The number of esters is 1. The number of hydrogen-bond acceptors (Lipinski definition) is 3. The van der Waals surface area contributed by atoms with Gasteiger partial charge in [0.15, 0.2) is 0 Å². The molecule has 0 aliphatic heterocycles. The van der Waals surface area contributed by atoms with Crippen LogP contribution in [0.25, 0.3) is 0 Å². The van der Waals surface area contributed by atoms with Crippen LogP contribution in [0.4, 0.5) is 0 Å². The molecule has 4 heteroatoms. The van der Waals surface area contributed by atoms with Crippen LogP contribution in [-0.2, 0) is 9.53 Å². The van der Waals surface area contributed by atoms with E-state index in [-0.39, 0.29) is 5.92 Å². The number of carbonyl (C=O) groups is 1. The molecule has 3 atom stereocenters. The van der Waals surface area contributed by atoms with Gasteiger partial charge in [-0.1, -0.05) is 65.3 Å². The first-order valence-electron chi connectivity index (χ1n) is 7.11. The number of aliphatic hydroxyl groups is 1. The number of hydrogen-bond donors (Lipinski definition) is 1. The van der Waals surface area contributed by atoms with Crippen LogP contribution >= 0.6 is 15.9 Å². The van der Waals surface area contributed by atoms with Crippen molar-refractivity contribution < 1.29 is 14.6 Å². The van der Waals surface area contributed by atoms with Gasteiger partial charge in [0.05, 0.1) is 19.1 Å². The maximum atomic E-state index is 12.2. The van der Waals surface area contributed by atoms with Gasteiger partial charge in [-0.2, -0.15) is 0 Å². The lowest BCUT2D eigenvalue weighted by molar-refractivity contribution is -0.150. The van der Waals surface area contributed by atoms with E-state index in [0.717, 1.165) is 10.0 Å². The lowest BCUT2D eigenvalue weighted by atomic mass is 9.81. The molecule has 22 heavy (non-hydrogen) atoms. The number of ether oxygens (including phenoxy) is 1. The van der Waals surface area contributed by atoms with Crippen molar-refractivity contribution in [3.63, 3.8) is 0 Å². The van der Waals surface area contributed by atoms with Gasteiger partial charge in [-0.25, -0.2) is 0 Å². The van der Waals surface area contributed by atoms with Crippen LogP contribution < -0.4 is 0 Å². The highest BCUT2D eigenvalue weighted by atomic mass is 79.9. The summed E-state index contributed by atoms with van der Waals surface area (Å²) in [4.78, 5) is 12.2. The molecule has 0 aliphatic carbocycles. The third kappa shape index (κ3) is 3.76. The second kappa shape index (κ2) is 7.56. The van der Waals surface area contributed by atoms with E-state index in [9.17, 15) is 9.90 Å². The summed E-state index contributed by atoms with van der Waals surface area (Å²) >= 11 is 3.37. The van der Waals surface area contributed by atoms with Gasteiger partial charge in [0.1, 0.15) is 0 Å². The Morgan fingerprint density at radius 1 is 1.05 bits per heavy atom. The van der Waals surface area contributed by atoms with E-state index < -0.39 is 18.0 Å². The normalized spacial score (nSPS) is 14.9. The molecule has 0 unspecified atom stereocenters. The fourth-order valence-electron chi connectivity index (χ4n) is 2.57. The van der Waals surface area contributed by atoms with Gasteiger partial charge in [0.2, 0.25) is 0 Å². The second-order valence-electron chi connectivity index (χ2n) is 5.24. The van der Waals surface area contributed by atoms with E-state index in [4.69, 9.17) is 4.74 Å². The van der Waals surface area contributed by atoms with Crippen molar-refractivity contribution in [1.82, 2.24) is 0 Å². The first kappa shape index (κ1) is 16.7. The van der Waals surface area contributed by atoms with Gasteiger partial charge >= 0.3 is 5.97 Å². The predicted octanol–water partition coefficient (Wildman–Crippen LogP) is 4.08. The van der Waals surface area contributed by atoms with Gasteiger partial charge in [0.25, 0.3) is 0 Å². The Morgan fingerprint density at radius 3 is 2.18 bits per heavy atom. The smallest absolute Gasteiger partial charge is 0.312 e. The average molecular weight is 363 g/mol. The summed E-state index contributed by atoms with van der Waals surface area (Å²) in [6.07, 6.45) is -0.921. The molecule has 2 rings (SSSR count). The summed E-state index contributed by atoms with van der Waals surface area (Å²) in [5, 5.41) is 10.7. The third-order valence-electron chi connectivity index (χ3n) is 3.89. The maximum Gasteiger partial charge on any atom is 0.312 e. The van der Waals surface area contributed by atoms with Crippen molar-refractivity contribution in [3.05, 3.63) is 70.2 Å². The van der Waals surface area contributed by atoms with Gasteiger partial charge in [-0.15, -0.1) is 0 Å². The Bertz CT molecular complexity index is 610. The lowest BCUT2D eigenvalue weighted by Crippen LogP contribution is -2.28. The molecule has 116 valence electrons. The Kier molecular flexibility index (Phi) is 5.75. The van der Waals surface area contributed by atoms with Crippen LogP contribution in [0.3, 0.4) is 0 Å². The fourth-order valence-corrected chi connectivity index (χ4v) is 2.84. The largest absolute Gasteiger partial charge is 0.469 e. The van der Waals surface area contributed by atoms with E-state index in [1.54, 1.807) is 0 Å². The average Bonchev–Trinajstić information content (AvgIpc) is 2.56. The van der Waals surface area contributed by atoms with E-state index >= 15 is 0 Å². The summed E-state index contributed by atoms with van der Waals surface area (Å²) < 4.78 is 5.84. The summed E-state index contributed by atoms with van der Waals surface area (Å²) in [7, 11) is 1.35. The number of halogens is 1. The molecule has 3 nitrogen and oxygen atoms in total. The Morgan fingerprint density at radius 2 is 1.64 bits per heavy atom. The summed E-state index contributed by atoms with van der Waals surface area (Å²) in [5.74, 6) is -1.23. The molecule has 0 saturated heterocycles. The zero-order chi connectivity index (χ0) is 16.1. The van der Waals surface area contributed by atoms with Crippen LogP contribution in [0.1, 0.15) is 30.1 Å². The van der Waals surface area contributed by atoms with Gasteiger partial charge in [-0.3, -0.25) is 4.79 Å². The molecule has 1 N–H and O–H groups in total. The SMILES string of the molecule is COC(=O)[C@@H]([C@H](C)c1ccccc1)[C@@H](O)c1ccc(Br)cc1. The van der Waals surface area contributed by atoms with E-state index in [2.05, 4.69) is 15.9 Å². The molecular formula is C18H19BrO3. The number of benzene rings is 2. The monoisotopic (exact) mass is 362 g/mol. The minimum Gasteiger partial charge on any atom is -0.469 e. The minimum absolute atomic E-state index is 0.160. The minimum atomic E-state index is -0.921. The predicted molar refractivity (Wildman–Crippen MR) is 89.5 cm³/mol. The van der Waals surface area contributed by atoms with Gasteiger partial charge in [0, 0.05) is 4.47 Å². The molecule has 0 spiro atoms. The van der Waals surface area contributed by atoms with E-state index in [1.807, 2.05) is 61.5 Å². The standard InChI is InChI=1S/C18H19BrO3/c1-12(13-6-4-3-5-7-13)16(18(21)22-2)17(20)14-8-10-15(19)11-9-14/h3-12,16-17,20H,1-2H3/t12-,16+,17+/m1/s1. The van der Waals surface area contributed by atoms with Gasteiger partial charge in [-0.05, 0) is 29.2 Å². The first-order valence-corrected chi connectivity index (χ1v) is 7.90. The van der Waals surface area contributed by atoms with Crippen LogP contribution in [0, 0.1) is 5.92 Å². The number of aliphatic hydroxyl groups excluding tert-OH is 1. The van der Waals surface area contributed by atoms with Crippen molar-refractivity contribution in [2.45, 2.75) is 18.9 Å². The molecular weight excluding hydrogens is 344 g/mol. The van der Waals surface area contributed by atoms with Crippen molar-refractivity contribution >= 4 is 21.9 Å². The van der Waals surface area contributed by atoms with Crippen LogP contribution in [-0.4, -0.2) is 18.2 Å². The Hall–Kier alpha value is -1.65. The van der Waals surface area contributed by atoms with Crippen molar-refractivity contribution in [3.8, 4) is 0 Å². The summed E-state index contributed by atoms with van der Waals surface area (Å²) in [6.45, 7) is 1.93. The lowest BCUT2D eigenvalue weighted by Gasteiger charge is -2.27. The van der Waals surface area contributed by atoms with Crippen LogP contribution in [0.15, 0.2) is 59.1 Å². The molecule has 0 radical (unpaired) electrons. The highest BCUT2D eigenvalue weighted by Gasteiger charge is 2.34. The van der Waals surface area contributed by atoms with Gasteiger partial charge < -0.3 is 9.84 Å². The zero-order valence-electron chi connectivity index (χ0n) is 12.6. The molecule has 0 aliphatic rings. The number of methoxy groups -OCH3 is 1. The quantitative estimate of drug-likeness (QED) is 0.815. The van der Waals surface area contributed by atoms with Crippen LogP contribution in [0.2, 0.25) is 0 Å². The number of carbonyl (C=O) groups excluding carboxylic acids is 1. The summed E-state index contributed by atoms with van der Waals surface area (Å²) in [5.41, 5.74) is 1.69. The Balaban J connectivity index is 2.33. The van der Waals surface area contributed by atoms with Crippen molar-refractivity contribution in [2.75, 3.05) is 7.11 Å². The van der Waals surface area contributed by atoms with E-state index in [1.165, 1.54) is 7.11 Å². The second-order valence-corrected chi connectivity index (χ2v) is 6.16. The fraction of sp³-hybridized carbons (Fsp3) is 0.278. The molecule has 0 saturated carbocycles. The molecule has 0 amide bonds. The van der Waals surface area contributed by atoms with Crippen molar-refractivity contribution in [2.24, 2.45) is 5.92 Å². The maximum absolute atomic E-state index is 12.2. The van der Waals surface area contributed by atoms with Crippen molar-refractivity contribution in [1.29, 1.82) is 0 Å². The summed E-state index contributed by atoms with van der Waals surface area (Å²) in [6, 6.07) is 17.0. The molecule has 2 aromatic carbocycles. The zero-order valence-corrected chi connectivity index (χ0v) is 14.2. The van der Waals surface area contributed by atoms with E-state index in [0.29, 0.717) is 5.56 Å². The Labute approximate surface area is 139 Å². The molecule has 0 fully saturated rings. The molecule has 0 heterocycles.